The molecule has 0 aromatic rings. The van der Waals surface area contributed by atoms with Crippen LogP contribution in [0.1, 0.15) is 58.3 Å². The van der Waals surface area contributed by atoms with Crippen LogP contribution in [0.25, 0.3) is 0 Å². The third-order valence-corrected chi connectivity index (χ3v) is 7.57. The highest BCUT2D eigenvalue weighted by Gasteiger charge is 2.51. The quantitative estimate of drug-likeness (QED) is 0.753. The van der Waals surface area contributed by atoms with Crippen LogP contribution in [-0.2, 0) is 9.53 Å². The molecule has 1 spiro atoms. The second-order valence-electron chi connectivity index (χ2n) is 9.73. The van der Waals surface area contributed by atoms with Gasteiger partial charge in [0.05, 0.1) is 0 Å². The lowest BCUT2D eigenvalue weighted by Crippen LogP contribution is -2.58. The van der Waals surface area contributed by atoms with E-state index in [1.165, 1.54) is 19.3 Å². The SMILES string of the molecule is C#CCOC(=O)N1CC2(CCC(N3CCC(C(=O)NC4(C)CCC4)CC3)C2)C1. The van der Waals surface area contributed by atoms with Crippen LogP contribution in [0, 0.1) is 23.7 Å². The molecule has 2 aliphatic heterocycles. The van der Waals surface area contributed by atoms with E-state index in [0.717, 1.165) is 58.3 Å². The molecule has 0 aromatic heterocycles. The van der Waals surface area contributed by atoms with Gasteiger partial charge in [0, 0.05) is 36.0 Å². The van der Waals surface area contributed by atoms with Crippen LogP contribution in [-0.4, -0.2) is 66.2 Å². The summed E-state index contributed by atoms with van der Waals surface area (Å²) < 4.78 is 5.02. The van der Waals surface area contributed by atoms with Crippen LogP contribution in [0.5, 0.6) is 0 Å². The summed E-state index contributed by atoms with van der Waals surface area (Å²) in [5.74, 6) is 2.78. The van der Waals surface area contributed by atoms with Gasteiger partial charge >= 0.3 is 6.09 Å². The maximum Gasteiger partial charge on any atom is 0.410 e. The molecule has 2 saturated heterocycles. The summed E-state index contributed by atoms with van der Waals surface area (Å²) in [6, 6.07) is 0.594. The average Bonchev–Trinajstić information content (AvgIpc) is 3.09. The minimum atomic E-state index is -0.279. The molecule has 1 unspecified atom stereocenters. The molecule has 2 heterocycles. The molecule has 0 radical (unpaired) electrons. The standard InChI is InChI=1S/C22H33N3O3/c1-3-13-28-20(27)25-15-22(16-25)10-5-18(14-22)24-11-6-17(7-12-24)19(26)23-21(2)8-4-9-21/h1,17-18H,4-16H2,2H3,(H,23,26). The first-order chi connectivity index (χ1) is 13.4. The Morgan fingerprint density at radius 2 is 1.89 bits per heavy atom. The molecule has 6 heteroatoms. The third kappa shape index (κ3) is 3.87. The van der Waals surface area contributed by atoms with Gasteiger partial charge in [0.1, 0.15) is 0 Å². The van der Waals surface area contributed by atoms with Crippen LogP contribution in [0.4, 0.5) is 4.79 Å². The molecule has 2 saturated carbocycles. The number of carbonyl (C=O) groups excluding carboxylic acids is 2. The molecule has 154 valence electrons. The van der Waals surface area contributed by atoms with E-state index < -0.39 is 0 Å². The van der Waals surface area contributed by atoms with Crippen LogP contribution in [0.15, 0.2) is 0 Å². The predicted octanol–water partition coefficient (Wildman–Crippen LogP) is 2.38. The Bertz CT molecular complexity index is 652. The van der Waals surface area contributed by atoms with Crippen molar-refractivity contribution in [3.63, 3.8) is 0 Å². The van der Waals surface area contributed by atoms with Gasteiger partial charge in [-0.3, -0.25) is 4.79 Å². The minimum Gasteiger partial charge on any atom is -0.436 e. The smallest absolute Gasteiger partial charge is 0.410 e. The van der Waals surface area contributed by atoms with E-state index in [0.29, 0.717) is 6.04 Å². The lowest BCUT2D eigenvalue weighted by molar-refractivity contribution is -0.129. The topological polar surface area (TPSA) is 61.9 Å². The zero-order chi connectivity index (χ0) is 19.8. The summed E-state index contributed by atoms with van der Waals surface area (Å²) >= 11 is 0. The Balaban J connectivity index is 1.20. The number of hydrogen-bond donors (Lipinski definition) is 1. The van der Waals surface area contributed by atoms with E-state index in [1.54, 1.807) is 4.90 Å². The summed E-state index contributed by atoms with van der Waals surface area (Å²) in [6.07, 6.45) is 13.8. The van der Waals surface area contributed by atoms with Crippen molar-refractivity contribution >= 4 is 12.0 Å². The fourth-order valence-corrected chi connectivity index (χ4v) is 5.62. The van der Waals surface area contributed by atoms with Crippen molar-refractivity contribution in [2.45, 2.75) is 69.9 Å². The fraction of sp³-hybridized carbons (Fsp3) is 0.818. The Labute approximate surface area is 168 Å². The van der Waals surface area contributed by atoms with Gasteiger partial charge in [-0.15, -0.1) is 6.42 Å². The van der Waals surface area contributed by atoms with E-state index in [-0.39, 0.29) is 35.5 Å². The van der Waals surface area contributed by atoms with Crippen LogP contribution in [0.3, 0.4) is 0 Å². The number of terminal acetylenes is 1. The van der Waals surface area contributed by atoms with Crippen molar-refractivity contribution in [1.29, 1.82) is 0 Å². The van der Waals surface area contributed by atoms with Crippen molar-refractivity contribution in [3.8, 4) is 12.3 Å². The molecule has 0 bridgehead atoms. The number of piperidine rings is 1. The van der Waals surface area contributed by atoms with Gasteiger partial charge in [-0.25, -0.2) is 4.79 Å². The highest BCUT2D eigenvalue weighted by molar-refractivity contribution is 5.79. The van der Waals surface area contributed by atoms with Crippen molar-refractivity contribution in [3.05, 3.63) is 0 Å². The molecular formula is C22H33N3O3. The molecule has 4 rings (SSSR count). The first kappa shape index (κ1) is 19.6. The number of hydrogen-bond acceptors (Lipinski definition) is 4. The van der Waals surface area contributed by atoms with Crippen molar-refractivity contribution in [1.82, 2.24) is 15.1 Å². The average molecular weight is 388 g/mol. The molecule has 28 heavy (non-hydrogen) atoms. The summed E-state index contributed by atoms with van der Waals surface area (Å²) in [5, 5.41) is 3.29. The number of likely N-dealkylation sites (tertiary alicyclic amines) is 2. The summed E-state index contributed by atoms with van der Waals surface area (Å²) in [6.45, 7) is 5.85. The largest absolute Gasteiger partial charge is 0.436 e. The predicted molar refractivity (Wildman–Crippen MR) is 107 cm³/mol. The highest BCUT2D eigenvalue weighted by atomic mass is 16.6. The monoisotopic (exact) mass is 387 g/mol. The number of amides is 2. The van der Waals surface area contributed by atoms with Crippen LogP contribution in [0.2, 0.25) is 0 Å². The minimum absolute atomic E-state index is 0.0482. The number of nitrogens with zero attached hydrogens (tertiary/aromatic N) is 2. The maximum atomic E-state index is 12.6. The zero-order valence-electron chi connectivity index (χ0n) is 17.0. The molecule has 4 fully saturated rings. The molecule has 1 N–H and O–H groups in total. The summed E-state index contributed by atoms with van der Waals surface area (Å²) in [5.41, 5.74) is 0.330. The van der Waals surface area contributed by atoms with E-state index in [9.17, 15) is 9.59 Å². The number of rotatable bonds is 4. The van der Waals surface area contributed by atoms with Crippen LogP contribution < -0.4 is 5.32 Å². The molecule has 2 amide bonds. The molecule has 4 aliphatic rings. The van der Waals surface area contributed by atoms with E-state index in [4.69, 9.17) is 11.2 Å². The maximum absolute atomic E-state index is 12.6. The normalized spacial score (nSPS) is 28.9. The third-order valence-electron chi connectivity index (χ3n) is 7.57. The van der Waals surface area contributed by atoms with Crippen LogP contribution >= 0.6 is 0 Å². The van der Waals surface area contributed by atoms with Gasteiger partial charge in [0.15, 0.2) is 6.61 Å². The first-order valence-corrected chi connectivity index (χ1v) is 10.8. The van der Waals surface area contributed by atoms with Gasteiger partial charge in [-0.1, -0.05) is 5.92 Å². The van der Waals surface area contributed by atoms with Gasteiger partial charge in [0.2, 0.25) is 5.91 Å². The summed E-state index contributed by atoms with van der Waals surface area (Å²) in [7, 11) is 0. The number of carbonyl (C=O) groups is 2. The molecule has 1 atom stereocenters. The molecular weight excluding hydrogens is 354 g/mol. The second kappa shape index (κ2) is 7.59. The number of ether oxygens (including phenoxy) is 1. The van der Waals surface area contributed by atoms with Gasteiger partial charge in [-0.2, -0.15) is 0 Å². The highest BCUT2D eigenvalue weighted by Crippen LogP contribution is 2.47. The molecule has 0 aromatic carbocycles. The first-order valence-electron chi connectivity index (χ1n) is 10.8. The zero-order valence-corrected chi connectivity index (χ0v) is 17.0. The fourth-order valence-electron chi connectivity index (χ4n) is 5.62. The Morgan fingerprint density at radius 1 is 1.18 bits per heavy atom. The van der Waals surface area contributed by atoms with Crippen molar-refractivity contribution < 1.29 is 14.3 Å². The molecule has 6 nitrogen and oxygen atoms in total. The number of nitrogens with one attached hydrogen (secondary N) is 1. The molecule has 2 aliphatic carbocycles. The second-order valence-corrected chi connectivity index (χ2v) is 9.73. The van der Waals surface area contributed by atoms with E-state index in [1.807, 2.05) is 0 Å². The van der Waals surface area contributed by atoms with Gasteiger partial charge < -0.3 is 19.9 Å². The Morgan fingerprint density at radius 3 is 2.50 bits per heavy atom. The lowest BCUT2D eigenvalue weighted by Gasteiger charge is -2.48. The van der Waals surface area contributed by atoms with Crippen molar-refractivity contribution in [2.24, 2.45) is 11.3 Å². The van der Waals surface area contributed by atoms with E-state index in [2.05, 4.69) is 23.1 Å². The Hall–Kier alpha value is -1.74. The van der Waals surface area contributed by atoms with Gasteiger partial charge in [-0.05, 0) is 71.4 Å². The van der Waals surface area contributed by atoms with E-state index >= 15 is 0 Å². The van der Waals surface area contributed by atoms with Gasteiger partial charge in [0.25, 0.3) is 0 Å². The lowest BCUT2D eigenvalue weighted by atomic mass is 9.77. The summed E-state index contributed by atoms with van der Waals surface area (Å²) in [4.78, 5) is 28.8. The van der Waals surface area contributed by atoms with Crippen molar-refractivity contribution in [2.75, 3.05) is 32.8 Å². The Kier molecular flexibility index (Phi) is 5.30.